The molecular formula is C10H5BrN4O3. The first-order chi connectivity index (χ1) is 8.51. The smallest absolute Gasteiger partial charge is 0.271 e. The Morgan fingerprint density at radius 3 is 2.78 bits per heavy atom. The minimum atomic E-state index is -0.536. The number of nitro benzene ring substituents is 1. The number of anilines is 1. The van der Waals surface area contributed by atoms with E-state index >= 15 is 0 Å². The molecule has 90 valence electrons. The second-order valence-electron chi connectivity index (χ2n) is 3.30. The minimum absolute atomic E-state index is 0.0485. The van der Waals surface area contributed by atoms with Crippen molar-refractivity contribution in [3.8, 4) is 17.5 Å². The lowest BCUT2D eigenvalue weighted by molar-refractivity contribution is -0.384. The molecule has 0 unspecified atom stereocenters. The van der Waals surface area contributed by atoms with E-state index in [2.05, 4.69) is 20.9 Å². The van der Waals surface area contributed by atoms with Gasteiger partial charge in [0.25, 0.3) is 5.69 Å². The Hall–Kier alpha value is -2.40. The highest BCUT2D eigenvalue weighted by atomic mass is 79.9. The first kappa shape index (κ1) is 12.1. The molecule has 2 aromatic rings. The number of benzene rings is 1. The van der Waals surface area contributed by atoms with Crippen molar-refractivity contribution in [1.82, 2.24) is 4.98 Å². The number of rotatable bonds is 2. The van der Waals surface area contributed by atoms with Crippen LogP contribution in [0, 0.1) is 21.4 Å². The van der Waals surface area contributed by atoms with Gasteiger partial charge in [0.05, 0.1) is 4.92 Å². The van der Waals surface area contributed by atoms with Crippen molar-refractivity contribution in [3.05, 3.63) is 38.5 Å². The van der Waals surface area contributed by atoms with Crippen LogP contribution in [0.4, 0.5) is 11.6 Å². The molecule has 1 aromatic carbocycles. The zero-order chi connectivity index (χ0) is 13.3. The normalized spacial score (nSPS) is 10.0. The maximum Gasteiger partial charge on any atom is 0.271 e. The largest absolute Gasteiger partial charge is 0.419 e. The van der Waals surface area contributed by atoms with Crippen LogP contribution in [0.5, 0.6) is 0 Å². The van der Waals surface area contributed by atoms with Gasteiger partial charge >= 0.3 is 0 Å². The van der Waals surface area contributed by atoms with E-state index in [1.54, 1.807) is 12.1 Å². The number of nitrogen functional groups attached to an aromatic ring is 1. The molecule has 0 atom stereocenters. The van der Waals surface area contributed by atoms with Crippen LogP contribution in [0.3, 0.4) is 0 Å². The Morgan fingerprint density at radius 1 is 1.50 bits per heavy atom. The SMILES string of the molecule is N#Cc1nc(-c2cc(Br)cc([N+](=O)[O-])c2)oc1N. The number of non-ortho nitro benzene ring substituents is 1. The van der Waals surface area contributed by atoms with E-state index < -0.39 is 4.92 Å². The number of oxazole rings is 1. The number of nitriles is 1. The molecule has 0 spiro atoms. The van der Waals surface area contributed by atoms with Crippen LogP contribution in [-0.4, -0.2) is 9.91 Å². The van der Waals surface area contributed by atoms with Crippen LogP contribution in [-0.2, 0) is 0 Å². The van der Waals surface area contributed by atoms with Crippen LogP contribution in [0.2, 0.25) is 0 Å². The van der Waals surface area contributed by atoms with E-state index in [4.69, 9.17) is 15.4 Å². The van der Waals surface area contributed by atoms with Gasteiger partial charge in [-0.05, 0) is 6.07 Å². The molecule has 18 heavy (non-hydrogen) atoms. The Balaban J connectivity index is 2.57. The summed E-state index contributed by atoms with van der Waals surface area (Å²) >= 11 is 3.15. The van der Waals surface area contributed by atoms with E-state index in [1.807, 2.05) is 0 Å². The van der Waals surface area contributed by atoms with Crippen molar-refractivity contribution in [2.24, 2.45) is 0 Å². The first-order valence-electron chi connectivity index (χ1n) is 4.63. The molecule has 2 rings (SSSR count). The van der Waals surface area contributed by atoms with Crippen molar-refractivity contribution >= 4 is 27.5 Å². The van der Waals surface area contributed by atoms with Gasteiger partial charge in [-0.25, -0.2) is 0 Å². The summed E-state index contributed by atoms with van der Waals surface area (Å²) in [6.45, 7) is 0. The molecule has 0 aliphatic rings. The summed E-state index contributed by atoms with van der Waals surface area (Å²) in [5, 5.41) is 19.4. The standard InChI is InChI=1S/C10H5BrN4O3/c11-6-1-5(2-7(3-6)15(16)17)10-14-8(4-12)9(13)18-10/h1-3H,13H2. The van der Waals surface area contributed by atoms with E-state index in [1.165, 1.54) is 12.1 Å². The quantitative estimate of drug-likeness (QED) is 0.672. The Morgan fingerprint density at radius 2 is 2.22 bits per heavy atom. The molecule has 0 saturated heterocycles. The molecule has 0 aliphatic carbocycles. The van der Waals surface area contributed by atoms with Crippen LogP contribution in [0.25, 0.3) is 11.5 Å². The average Bonchev–Trinajstić information content (AvgIpc) is 2.69. The summed E-state index contributed by atoms with van der Waals surface area (Å²) in [7, 11) is 0. The monoisotopic (exact) mass is 308 g/mol. The second kappa shape index (κ2) is 4.46. The van der Waals surface area contributed by atoms with Gasteiger partial charge < -0.3 is 10.2 Å². The van der Waals surface area contributed by atoms with Crippen LogP contribution in [0.15, 0.2) is 27.1 Å². The van der Waals surface area contributed by atoms with Crippen LogP contribution >= 0.6 is 15.9 Å². The van der Waals surface area contributed by atoms with Gasteiger partial charge in [-0.15, -0.1) is 0 Å². The lowest BCUT2D eigenvalue weighted by atomic mass is 10.2. The highest BCUT2D eigenvalue weighted by Gasteiger charge is 2.16. The van der Waals surface area contributed by atoms with Gasteiger partial charge in [0.2, 0.25) is 17.5 Å². The summed E-state index contributed by atoms with van der Waals surface area (Å²) in [5.41, 5.74) is 5.63. The number of nitrogens with two attached hydrogens (primary N) is 1. The van der Waals surface area contributed by atoms with Gasteiger partial charge in [-0.1, -0.05) is 15.9 Å². The second-order valence-corrected chi connectivity index (χ2v) is 4.21. The summed E-state index contributed by atoms with van der Waals surface area (Å²) < 4.78 is 5.58. The molecule has 1 heterocycles. The van der Waals surface area contributed by atoms with Gasteiger partial charge in [0.15, 0.2) is 0 Å². The number of nitrogens with zero attached hydrogens (tertiary/aromatic N) is 3. The zero-order valence-corrected chi connectivity index (χ0v) is 10.3. The van der Waals surface area contributed by atoms with Crippen LogP contribution < -0.4 is 5.73 Å². The van der Waals surface area contributed by atoms with E-state index in [0.717, 1.165) is 0 Å². The summed E-state index contributed by atoms with van der Waals surface area (Å²) in [4.78, 5) is 14.0. The highest BCUT2D eigenvalue weighted by molar-refractivity contribution is 9.10. The van der Waals surface area contributed by atoms with Crippen molar-refractivity contribution in [1.29, 1.82) is 5.26 Å². The molecular weight excluding hydrogens is 304 g/mol. The van der Waals surface area contributed by atoms with Crippen molar-refractivity contribution in [3.63, 3.8) is 0 Å². The van der Waals surface area contributed by atoms with E-state index in [-0.39, 0.29) is 23.2 Å². The van der Waals surface area contributed by atoms with Gasteiger partial charge in [-0.2, -0.15) is 10.2 Å². The number of hydrogen-bond donors (Lipinski definition) is 1. The third-order valence-corrected chi connectivity index (χ3v) is 2.56. The topological polar surface area (TPSA) is 119 Å². The first-order valence-corrected chi connectivity index (χ1v) is 5.42. The molecule has 8 heteroatoms. The van der Waals surface area contributed by atoms with Crippen molar-refractivity contribution < 1.29 is 9.34 Å². The fourth-order valence-corrected chi connectivity index (χ4v) is 1.82. The number of halogens is 1. The lowest BCUT2D eigenvalue weighted by Crippen LogP contribution is -1.89. The Labute approximate surface area is 109 Å². The van der Waals surface area contributed by atoms with Crippen molar-refractivity contribution in [2.75, 3.05) is 5.73 Å². The van der Waals surface area contributed by atoms with E-state index in [0.29, 0.717) is 10.0 Å². The van der Waals surface area contributed by atoms with Gasteiger partial charge in [0, 0.05) is 22.2 Å². The summed E-state index contributed by atoms with van der Waals surface area (Å²) in [6, 6.07) is 5.98. The lowest BCUT2D eigenvalue weighted by Gasteiger charge is -1.97. The third kappa shape index (κ3) is 2.16. The Kier molecular flexibility index (Phi) is 2.99. The molecule has 0 saturated carbocycles. The summed E-state index contributed by atoms with van der Waals surface area (Å²) in [5.74, 6) is -0.0522. The molecule has 0 amide bonds. The molecule has 0 bridgehead atoms. The third-order valence-electron chi connectivity index (χ3n) is 2.10. The molecule has 2 N–H and O–H groups in total. The fraction of sp³-hybridized carbons (Fsp3) is 0. The molecule has 0 fully saturated rings. The van der Waals surface area contributed by atoms with Gasteiger partial charge in [0.1, 0.15) is 6.07 Å². The Bertz CT molecular complexity index is 674. The maximum absolute atomic E-state index is 10.7. The summed E-state index contributed by atoms with van der Waals surface area (Å²) in [6.07, 6.45) is 0. The predicted octanol–water partition coefficient (Wildman–Crippen LogP) is 2.47. The fourth-order valence-electron chi connectivity index (χ4n) is 1.34. The molecule has 0 radical (unpaired) electrons. The highest BCUT2D eigenvalue weighted by Crippen LogP contribution is 2.29. The minimum Gasteiger partial charge on any atom is -0.419 e. The van der Waals surface area contributed by atoms with Crippen LogP contribution in [0.1, 0.15) is 5.69 Å². The number of aromatic nitrogens is 1. The average molecular weight is 309 g/mol. The molecule has 0 aliphatic heterocycles. The molecule has 7 nitrogen and oxygen atoms in total. The maximum atomic E-state index is 10.7. The zero-order valence-electron chi connectivity index (χ0n) is 8.75. The molecule has 1 aromatic heterocycles. The van der Waals surface area contributed by atoms with Gasteiger partial charge in [-0.3, -0.25) is 10.1 Å². The number of nitro groups is 1. The predicted molar refractivity (Wildman–Crippen MR) is 65.4 cm³/mol. The number of hydrogen-bond acceptors (Lipinski definition) is 6. The van der Waals surface area contributed by atoms with E-state index in [9.17, 15) is 10.1 Å². The van der Waals surface area contributed by atoms with Crippen molar-refractivity contribution in [2.45, 2.75) is 0 Å².